The van der Waals surface area contributed by atoms with Crippen LogP contribution in [0.4, 0.5) is 8.78 Å². The molecule has 6 heteroatoms. The van der Waals surface area contributed by atoms with E-state index in [1.807, 2.05) is 22.6 Å². The summed E-state index contributed by atoms with van der Waals surface area (Å²) in [7, 11) is 0. The summed E-state index contributed by atoms with van der Waals surface area (Å²) in [5.74, 6) is -4.15. The number of rotatable bonds is 5. The first-order valence-electron chi connectivity index (χ1n) is 5.99. The average Bonchev–Trinajstić information content (AvgIpc) is 2.47. The van der Waals surface area contributed by atoms with Gasteiger partial charge in [0.1, 0.15) is 5.75 Å². The van der Waals surface area contributed by atoms with E-state index in [1.165, 1.54) is 42.5 Å². The molecule has 3 nitrogen and oxygen atoms in total. The van der Waals surface area contributed by atoms with E-state index in [9.17, 15) is 13.6 Å². The lowest BCUT2D eigenvalue weighted by atomic mass is 10.1. The van der Waals surface area contributed by atoms with E-state index in [4.69, 9.17) is 9.84 Å². The number of hydrogen-bond donors (Lipinski definition) is 1. The third kappa shape index (κ3) is 3.90. The molecule has 0 fully saturated rings. The van der Waals surface area contributed by atoms with Gasteiger partial charge in [0.25, 0.3) is 0 Å². The summed E-state index contributed by atoms with van der Waals surface area (Å²) in [6.07, 6.45) is 0. The molecule has 110 valence electrons. The third-order valence-electron chi connectivity index (χ3n) is 2.78. The van der Waals surface area contributed by atoms with Gasteiger partial charge in [0.05, 0.1) is 9.13 Å². The van der Waals surface area contributed by atoms with Crippen LogP contribution in [0.1, 0.15) is 15.9 Å². The number of benzene rings is 2. The minimum absolute atomic E-state index is 0.00607. The van der Waals surface area contributed by atoms with Crippen LogP contribution in [0.15, 0.2) is 48.5 Å². The maximum absolute atomic E-state index is 14.0. The van der Waals surface area contributed by atoms with E-state index >= 15 is 0 Å². The normalized spacial score (nSPS) is 11.2. The van der Waals surface area contributed by atoms with E-state index in [2.05, 4.69) is 0 Å². The van der Waals surface area contributed by atoms with Crippen molar-refractivity contribution in [2.24, 2.45) is 0 Å². The van der Waals surface area contributed by atoms with Crippen molar-refractivity contribution in [2.45, 2.75) is 5.92 Å². The van der Waals surface area contributed by atoms with Crippen LogP contribution >= 0.6 is 22.6 Å². The maximum atomic E-state index is 14.0. The van der Waals surface area contributed by atoms with Crippen molar-refractivity contribution in [2.75, 3.05) is 6.61 Å². The predicted molar refractivity (Wildman–Crippen MR) is 81.9 cm³/mol. The average molecular weight is 404 g/mol. The number of carbonyl (C=O) groups is 1. The zero-order chi connectivity index (χ0) is 15.5. The molecule has 2 rings (SSSR count). The van der Waals surface area contributed by atoms with Crippen LogP contribution in [0.25, 0.3) is 0 Å². The highest BCUT2D eigenvalue weighted by molar-refractivity contribution is 14.1. The highest BCUT2D eigenvalue weighted by atomic mass is 127. The van der Waals surface area contributed by atoms with Crippen LogP contribution in [0, 0.1) is 3.57 Å². The Bertz CT molecular complexity index is 645. The van der Waals surface area contributed by atoms with E-state index in [1.54, 1.807) is 6.07 Å². The van der Waals surface area contributed by atoms with Crippen LogP contribution in [0.3, 0.4) is 0 Å². The Morgan fingerprint density at radius 2 is 1.86 bits per heavy atom. The topological polar surface area (TPSA) is 46.5 Å². The smallest absolute Gasteiger partial charge is 0.335 e. The van der Waals surface area contributed by atoms with Crippen LogP contribution in [0.5, 0.6) is 5.75 Å². The molecule has 21 heavy (non-hydrogen) atoms. The van der Waals surface area contributed by atoms with Gasteiger partial charge in [0, 0.05) is 5.56 Å². The number of hydrogen-bond acceptors (Lipinski definition) is 2. The molecule has 0 amide bonds. The molecular weight excluding hydrogens is 393 g/mol. The Morgan fingerprint density at radius 1 is 1.19 bits per heavy atom. The van der Waals surface area contributed by atoms with Gasteiger partial charge in [-0.2, -0.15) is 8.78 Å². The predicted octanol–water partition coefficient (Wildman–Crippen LogP) is 4.16. The molecule has 0 radical (unpaired) electrons. The molecule has 0 saturated carbocycles. The second kappa shape index (κ2) is 6.38. The second-order valence-corrected chi connectivity index (χ2v) is 5.47. The van der Waals surface area contributed by atoms with Crippen molar-refractivity contribution in [1.82, 2.24) is 0 Å². The Kier molecular flexibility index (Phi) is 4.76. The lowest BCUT2D eigenvalue weighted by molar-refractivity contribution is -0.0469. The van der Waals surface area contributed by atoms with Gasteiger partial charge in [0.15, 0.2) is 6.61 Å². The fraction of sp³-hybridized carbons (Fsp3) is 0.133. The van der Waals surface area contributed by atoms with Gasteiger partial charge in [-0.3, -0.25) is 0 Å². The molecule has 0 atom stereocenters. The minimum Gasteiger partial charge on any atom is -0.486 e. The summed E-state index contributed by atoms with van der Waals surface area (Å²) in [5.41, 5.74) is -0.150. The fourth-order valence-electron chi connectivity index (χ4n) is 1.68. The van der Waals surface area contributed by atoms with Gasteiger partial charge in [-0.15, -0.1) is 0 Å². The standard InChI is InChI=1S/C15H11F2IO3/c16-15(17,11-4-2-1-3-5-11)9-21-13-8-10(14(19)20)6-7-12(13)18/h1-8H,9H2,(H,19,20). The Hall–Kier alpha value is -1.70. The molecule has 0 aromatic heterocycles. The van der Waals surface area contributed by atoms with Crippen molar-refractivity contribution in [3.05, 3.63) is 63.2 Å². The summed E-state index contributed by atoms with van der Waals surface area (Å²) in [6, 6.07) is 11.5. The maximum Gasteiger partial charge on any atom is 0.335 e. The lowest BCUT2D eigenvalue weighted by Gasteiger charge is -2.18. The van der Waals surface area contributed by atoms with Gasteiger partial charge in [-0.25, -0.2) is 4.79 Å². The highest BCUT2D eigenvalue weighted by Gasteiger charge is 2.32. The minimum atomic E-state index is -3.15. The molecule has 0 bridgehead atoms. The summed E-state index contributed by atoms with van der Waals surface area (Å²) in [6.45, 7) is -0.851. The highest BCUT2D eigenvalue weighted by Crippen LogP contribution is 2.30. The summed E-state index contributed by atoms with van der Waals surface area (Å²) < 4.78 is 33.7. The van der Waals surface area contributed by atoms with E-state index in [0.717, 1.165) is 0 Å². The molecule has 0 aliphatic rings. The van der Waals surface area contributed by atoms with Crippen molar-refractivity contribution in [3.8, 4) is 5.75 Å². The summed E-state index contributed by atoms with van der Waals surface area (Å²) in [5, 5.41) is 8.90. The fourth-order valence-corrected chi connectivity index (χ4v) is 2.17. The Labute approximate surface area is 133 Å². The Morgan fingerprint density at radius 3 is 2.48 bits per heavy atom. The molecule has 2 aromatic rings. The summed E-state index contributed by atoms with van der Waals surface area (Å²) in [4.78, 5) is 10.9. The second-order valence-electron chi connectivity index (χ2n) is 4.31. The van der Waals surface area contributed by atoms with Crippen LogP contribution < -0.4 is 4.74 Å². The zero-order valence-electron chi connectivity index (χ0n) is 10.7. The van der Waals surface area contributed by atoms with Gasteiger partial charge >= 0.3 is 11.9 Å². The molecule has 2 aromatic carbocycles. The molecular formula is C15H11F2IO3. The van der Waals surface area contributed by atoms with Crippen molar-refractivity contribution >= 4 is 28.6 Å². The lowest BCUT2D eigenvalue weighted by Crippen LogP contribution is -2.23. The van der Waals surface area contributed by atoms with Crippen LogP contribution in [-0.2, 0) is 5.92 Å². The van der Waals surface area contributed by atoms with E-state index < -0.39 is 18.5 Å². The van der Waals surface area contributed by atoms with E-state index in [0.29, 0.717) is 3.57 Å². The molecule has 1 N–H and O–H groups in total. The molecule has 0 unspecified atom stereocenters. The number of ether oxygens (including phenoxy) is 1. The molecule has 0 aliphatic heterocycles. The van der Waals surface area contributed by atoms with Crippen molar-refractivity contribution < 1.29 is 23.4 Å². The molecule has 0 heterocycles. The van der Waals surface area contributed by atoms with Gasteiger partial charge in [0.2, 0.25) is 0 Å². The first-order chi connectivity index (χ1) is 9.90. The zero-order valence-corrected chi connectivity index (χ0v) is 12.9. The van der Waals surface area contributed by atoms with Crippen LogP contribution in [-0.4, -0.2) is 17.7 Å². The largest absolute Gasteiger partial charge is 0.486 e. The first-order valence-corrected chi connectivity index (χ1v) is 7.07. The monoisotopic (exact) mass is 404 g/mol. The van der Waals surface area contributed by atoms with Gasteiger partial charge in [-0.05, 0) is 40.8 Å². The van der Waals surface area contributed by atoms with Crippen LogP contribution in [0.2, 0.25) is 0 Å². The van der Waals surface area contributed by atoms with E-state index in [-0.39, 0.29) is 16.9 Å². The Balaban J connectivity index is 2.16. The first kappa shape index (κ1) is 15.7. The van der Waals surface area contributed by atoms with Crippen molar-refractivity contribution in [3.63, 3.8) is 0 Å². The number of carboxylic acid groups (broad SMARTS) is 1. The number of aromatic carboxylic acids is 1. The number of halogens is 3. The SMILES string of the molecule is O=C(O)c1ccc(I)c(OCC(F)(F)c2ccccc2)c1. The quantitative estimate of drug-likeness (QED) is 0.762. The van der Waals surface area contributed by atoms with Crippen molar-refractivity contribution in [1.29, 1.82) is 0 Å². The van der Waals surface area contributed by atoms with Gasteiger partial charge in [-0.1, -0.05) is 30.3 Å². The summed E-state index contributed by atoms with van der Waals surface area (Å²) >= 11 is 1.90. The third-order valence-corrected chi connectivity index (χ3v) is 3.67. The molecule has 0 spiro atoms. The molecule has 0 saturated heterocycles. The number of alkyl halides is 2. The van der Waals surface area contributed by atoms with Gasteiger partial charge < -0.3 is 9.84 Å². The number of carboxylic acids is 1. The molecule has 0 aliphatic carbocycles.